The lowest BCUT2D eigenvalue weighted by Crippen LogP contribution is -2.31. The molecule has 0 radical (unpaired) electrons. The number of aliphatic hydroxyl groups excluding tert-OH is 1. The van der Waals surface area contributed by atoms with Crippen LogP contribution in [0.25, 0.3) is 10.8 Å². The molecule has 1 unspecified atom stereocenters. The summed E-state index contributed by atoms with van der Waals surface area (Å²) in [5.41, 5.74) is 6.51. The summed E-state index contributed by atoms with van der Waals surface area (Å²) in [5.74, 6) is -0.967. The Morgan fingerprint density at radius 1 is 1.22 bits per heavy atom. The molecule has 0 saturated carbocycles. The number of aliphatic hydroxyl groups is 1. The number of carbonyl (C=O) groups excluding carboxylic acids is 2. The highest BCUT2D eigenvalue weighted by molar-refractivity contribution is 5.96. The minimum atomic E-state index is -1.31. The van der Waals surface area contributed by atoms with E-state index >= 15 is 0 Å². The minimum Gasteiger partial charge on any atom is -0.383 e. The van der Waals surface area contributed by atoms with Crippen LogP contribution in [0.1, 0.15) is 12.0 Å². The fraction of sp³-hybridized carbons (Fsp3) is 0.222. The first-order chi connectivity index (χ1) is 11.0. The highest BCUT2D eigenvalue weighted by Gasteiger charge is 2.26. The Labute approximate surface area is 134 Å². The van der Waals surface area contributed by atoms with Crippen molar-refractivity contribution < 1.29 is 14.7 Å². The maximum atomic E-state index is 12.3. The number of hydrogen-bond donors (Lipinski definition) is 2. The zero-order valence-corrected chi connectivity index (χ0v) is 12.6. The molecule has 0 aromatic heterocycles. The number of hydrogen-bond acceptors (Lipinski definition) is 3. The van der Waals surface area contributed by atoms with Gasteiger partial charge in [0.2, 0.25) is 11.8 Å². The van der Waals surface area contributed by atoms with Crippen LogP contribution in [0.3, 0.4) is 0 Å². The van der Waals surface area contributed by atoms with Crippen LogP contribution in [0.15, 0.2) is 54.1 Å². The quantitative estimate of drug-likeness (QED) is 0.874. The van der Waals surface area contributed by atoms with Gasteiger partial charge < -0.3 is 15.7 Å². The number of benzene rings is 2. The molecule has 1 atom stereocenters. The molecule has 3 rings (SSSR count). The number of rotatable bonds is 5. The van der Waals surface area contributed by atoms with Gasteiger partial charge in [0.05, 0.1) is 0 Å². The van der Waals surface area contributed by atoms with Crippen molar-refractivity contribution >= 4 is 22.6 Å². The van der Waals surface area contributed by atoms with Crippen molar-refractivity contribution in [1.29, 1.82) is 0 Å². The van der Waals surface area contributed by atoms with E-state index in [0.717, 1.165) is 16.3 Å². The highest BCUT2D eigenvalue weighted by atomic mass is 16.3. The molecule has 5 nitrogen and oxygen atoms in total. The van der Waals surface area contributed by atoms with Gasteiger partial charge in [-0.05, 0) is 22.4 Å². The van der Waals surface area contributed by atoms with Gasteiger partial charge in [-0.25, -0.2) is 0 Å². The molecule has 3 N–H and O–H groups in total. The van der Waals surface area contributed by atoms with E-state index in [1.54, 1.807) is 11.0 Å². The zero-order chi connectivity index (χ0) is 16.4. The summed E-state index contributed by atoms with van der Waals surface area (Å²) in [6, 6.07) is 14.2. The predicted octanol–water partition coefficient (Wildman–Crippen LogP) is 1.34. The fourth-order valence-electron chi connectivity index (χ4n) is 2.77. The number of fused-ring (bicyclic) bond motifs is 1. The van der Waals surface area contributed by atoms with Gasteiger partial charge in [-0.1, -0.05) is 42.5 Å². The number of amides is 2. The Hall–Kier alpha value is -2.66. The van der Waals surface area contributed by atoms with Gasteiger partial charge in [-0.3, -0.25) is 9.59 Å². The lowest BCUT2D eigenvalue weighted by atomic mass is 10.1. The van der Waals surface area contributed by atoms with Crippen LogP contribution in [0.5, 0.6) is 0 Å². The fourth-order valence-corrected chi connectivity index (χ4v) is 2.77. The van der Waals surface area contributed by atoms with E-state index in [0.29, 0.717) is 18.7 Å². The molecule has 5 heteroatoms. The monoisotopic (exact) mass is 310 g/mol. The van der Waals surface area contributed by atoms with Crippen molar-refractivity contribution in [2.75, 3.05) is 6.54 Å². The van der Waals surface area contributed by atoms with Gasteiger partial charge in [0.15, 0.2) is 0 Å². The molecule has 1 aliphatic heterocycles. The number of nitrogens with two attached hydrogens (primary N) is 1. The van der Waals surface area contributed by atoms with Crippen molar-refractivity contribution in [2.45, 2.75) is 19.1 Å². The van der Waals surface area contributed by atoms with E-state index in [2.05, 4.69) is 6.07 Å². The smallest absolute Gasteiger partial charge is 0.250 e. The van der Waals surface area contributed by atoms with Gasteiger partial charge in [-0.15, -0.1) is 0 Å². The second kappa shape index (κ2) is 6.22. The summed E-state index contributed by atoms with van der Waals surface area (Å²) >= 11 is 0. The average molecular weight is 310 g/mol. The number of primary amides is 1. The van der Waals surface area contributed by atoms with Crippen LogP contribution in [0.4, 0.5) is 0 Å². The Bertz CT molecular complexity index is 798. The summed E-state index contributed by atoms with van der Waals surface area (Å²) in [4.78, 5) is 24.9. The van der Waals surface area contributed by atoms with Gasteiger partial charge in [-0.2, -0.15) is 0 Å². The van der Waals surface area contributed by atoms with Crippen LogP contribution in [0.2, 0.25) is 0 Å². The van der Waals surface area contributed by atoms with E-state index in [4.69, 9.17) is 5.73 Å². The first-order valence-corrected chi connectivity index (χ1v) is 7.48. The Balaban J connectivity index is 1.69. The van der Waals surface area contributed by atoms with Gasteiger partial charge in [0.1, 0.15) is 6.10 Å². The SMILES string of the molecule is NC(=O)C(O)CC1=CCN(Cc2ccc3ccccc3c2)C1=O. The molecule has 0 bridgehead atoms. The zero-order valence-electron chi connectivity index (χ0n) is 12.6. The Morgan fingerprint density at radius 3 is 2.70 bits per heavy atom. The maximum absolute atomic E-state index is 12.3. The maximum Gasteiger partial charge on any atom is 0.250 e. The summed E-state index contributed by atoms with van der Waals surface area (Å²) < 4.78 is 0. The highest BCUT2D eigenvalue weighted by Crippen LogP contribution is 2.21. The van der Waals surface area contributed by atoms with Crippen molar-refractivity contribution in [3.05, 3.63) is 59.7 Å². The molecule has 2 aromatic rings. The standard InChI is InChI=1S/C18H18N2O3/c19-17(22)16(21)10-15-7-8-20(18(15)23)11-12-5-6-13-3-1-2-4-14(13)9-12/h1-7,9,16,21H,8,10-11H2,(H2,19,22). The van der Waals surface area contributed by atoms with E-state index < -0.39 is 12.0 Å². The normalized spacial score (nSPS) is 15.8. The minimum absolute atomic E-state index is 0.0254. The van der Waals surface area contributed by atoms with Crippen molar-refractivity contribution in [3.63, 3.8) is 0 Å². The van der Waals surface area contributed by atoms with Crippen LogP contribution in [-0.2, 0) is 16.1 Å². The van der Waals surface area contributed by atoms with Crippen molar-refractivity contribution in [3.8, 4) is 0 Å². The number of carbonyl (C=O) groups is 2. The Morgan fingerprint density at radius 2 is 1.96 bits per heavy atom. The van der Waals surface area contributed by atoms with E-state index in [1.807, 2.05) is 36.4 Å². The largest absolute Gasteiger partial charge is 0.383 e. The van der Waals surface area contributed by atoms with Crippen molar-refractivity contribution in [2.24, 2.45) is 5.73 Å². The second-order valence-corrected chi connectivity index (χ2v) is 5.72. The summed E-state index contributed by atoms with van der Waals surface area (Å²) in [5, 5.41) is 11.8. The molecule has 2 aromatic carbocycles. The average Bonchev–Trinajstić information content (AvgIpc) is 2.88. The van der Waals surface area contributed by atoms with Crippen molar-refractivity contribution in [1.82, 2.24) is 4.90 Å². The van der Waals surface area contributed by atoms with E-state index in [9.17, 15) is 14.7 Å². The van der Waals surface area contributed by atoms with Crippen LogP contribution in [-0.4, -0.2) is 34.5 Å². The van der Waals surface area contributed by atoms with E-state index in [-0.39, 0.29) is 12.3 Å². The molecular formula is C18H18N2O3. The van der Waals surface area contributed by atoms with Gasteiger partial charge in [0, 0.05) is 25.1 Å². The molecule has 118 valence electrons. The lowest BCUT2D eigenvalue weighted by molar-refractivity contribution is -0.127. The molecular weight excluding hydrogens is 292 g/mol. The third-order valence-corrected chi connectivity index (χ3v) is 4.05. The summed E-state index contributed by atoms with van der Waals surface area (Å²) in [7, 11) is 0. The molecule has 0 fully saturated rings. The third-order valence-electron chi connectivity index (χ3n) is 4.05. The third kappa shape index (κ3) is 3.24. The molecule has 0 saturated heterocycles. The second-order valence-electron chi connectivity index (χ2n) is 5.72. The topological polar surface area (TPSA) is 83.6 Å². The predicted molar refractivity (Wildman–Crippen MR) is 87.3 cm³/mol. The first-order valence-electron chi connectivity index (χ1n) is 7.48. The summed E-state index contributed by atoms with van der Waals surface area (Å²) in [6.45, 7) is 0.975. The lowest BCUT2D eigenvalue weighted by Gasteiger charge is -2.17. The summed E-state index contributed by atoms with van der Waals surface area (Å²) in [6.07, 6.45) is 0.406. The Kier molecular flexibility index (Phi) is 4.12. The molecule has 1 aliphatic rings. The van der Waals surface area contributed by atoms with Crippen LogP contribution >= 0.6 is 0 Å². The molecule has 1 heterocycles. The van der Waals surface area contributed by atoms with Gasteiger partial charge >= 0.3 is 0 Å². The molecule has 0 aliphatic carbocycles. The van der Waals surface area contributed by atoms with Gasteiger partial charge in [0.25, 0.3) is 0 Å². The van der Waals surface area contributed by atoms with Crippen LogP contribution < -0.4 is 5.73 Å². The molecule has 0 spiro atoms. The van der Waals surface area contributed by atoms with E-state index in [1.165, 1.54) is 0 Å². The molecule has 2 amide bonds. The molecule has 23 heavy (non-hydrogen) atoms. The van der Waals surface area contributed by atoms with Crippen LogP contribution in [0, 0.1) is 0 Å². The number of nitrogens with zero attached hydrogens (tertiary/aromatic N) is 1. The first kappa shape index (κ1) is 15.2.